The van der Waals surface area contributed by atoms with Crippen molar-refractivity contribution >= 4 is 12.6 Å². The maximum atomic E-state index is 6.63. The first-order valence-corrected chi connectivity index (χ1v) is 3.37. The molecule has 0 amide bonds. The summed E-state index contributed by atoms with van der Waals surface area (Å²) in [7, 11) is 0. The Morgan fingerprint density at radius 3 is 2.50 bits per heavy atom. The SMILES string of the molecule is CC(/C=N\C=N)=C/C(C)C. The molecule has 0 aliphatic heterocycles. The van der Waals surface area contributed by atoms with Crippen molar-refractivity contribution in [2.45, 2.75) is 20.8 Å². The van der Waals surface area contributed by atoms with Crippen molar-refractivity contribution < 1.29 is 0 Å². The molecule has 0 saturated heterocycles. The molecule has 0 radical (unpaired) electrons. The predicted octanol–water partition coefficient (Wildman–Crippen LogP) is 2.27. The molecule has 0 bridgehead atoms. The monoisotopic (exact) mass is 138 g/mol. The number of allylic oxidation sites excluding steroid dienone is 2. The van der Waals surface area contributed by atoms with E-state index in [-0.39, 0.29) is 0 Å². The Morgan fingerprint density at radius 1 is 1.50 bits per heavy atom. The Bertz CT molecular complexity index is 155. The molecular weight excluding hydrogens is 124 g/mol. The van der Waals surface area contributed by atoms with Gasteiger partial charge < -0.3 is 0 Å². The summed E-state index contributed by atoms with van der Waals surface area (Å²) in [5.74, 6) is 0.553. The largest absolute Gasteiger partial charge is 0.290 e. The summed E-state index contributed by atoms with van der Waals surface area (Å²) < 4.78 is 0. The van der Waals surface area contributed by atoms with Crippen molar-refractivity contribution in [3.63, 3.8) is 0 Å². The first-order chi connectivity index (χ1) is 4.66. The molecule has 0 spiro atoms. The van der Waals surface area contributed by atoms with Gasteiger partial charge in [-0.1, -0.05) is 19.9 Å². The van der Waals surface area contributed by atoms with Gasteiger partial charge in [0.2, 0.25) is 0 Å². The summed E-state index contributed by atoms with van der Waals surface area (Å²) >= 11 is 0. The zero-order valence-electron chi connectivity index (χ0n) is 6.76. The van der Waals surface area contributed by atoms with Gasteiger partial charge in [-0.2, -0.15) is 0 Å². The van der Waals surface area contributed by atoms with E-state index in [1.165, 1.54) is 0 Å². The lowest BCUT2D eigenvalue weighted by atomic mass is 10.1. The van der Waals surface area contributed by atoms with E-state index in [4.69, 9.17) is 5.41 Å². The minimum absolute atomic E-state index is 0.553. The van der Waals surface area contributed by atoms with Crippen molar-refractivity contribution in [3.05, 3.63) is 11.6 Å². The molecular formula is C8H14N2. The second kappa shape index (κ2) is 4.91. The summed E-state index contributed by atoms with van der Waals surface area (Å²) in [6.07, 6.45) is 4.83. The van der Waals surface area contributed by atoms with Crippen molar-refractivity contribution in [3.8, 4) is 0 Å². The summed E-state index contributed by atoms with van der Waals surface area (Å²) in [6, 6.07) is 0. The van der Waals surface area contributed by atoms with Gasteiger partial charge in [-0.05, 0) is 18.4 Å². The molecule has 0 aromatic heterocycles. The average Bonchev–Trinajstić information content (AvgIpc) is 1.82. The van der Waals surface area contributed by atoms with E-state index < -0.39 is 0 Å². The van der Waals surface area contributed by atoms with Crippen LogP contribution in [0.4, 0.5) is 0 Å². The van der Waals surface area contributed by atoms with Crippen LogP contribution in [0.1, 0.15) is 20.8 Å². The molecule has 0 aliphatic carbocycles. The smallest absolute Gasteiger partial charge is 0.106 e. The second-order valence-electron chi connectivity index (χ2n) is 2.56. The first-order valence-electron chi connectivity index (χ1n) is 3.37. The van der Waals surface area contributed by atoms with Crippen LogP contribution in [0.2, 0.25) is 0 Å². The Hall–Kier alpha value is -0.920. The van der Waals surface area contributed by atoms with Gasteiger partial charge in [0, 0.05) is 6.21 Å². The molecule has 0 unspecified atom stereocenters. The maximum Gasteiger partial charge on any atom is 0.106 e. The van der Waals surface area contributed by atoms with Crippen LogP contribution >= 0.6 is 0 Å². The Morgan fingerprint density at radius 2 is 2.10 bits per heavy atom. The van der Waals surface area contributed by atoms with Crippen LogP contribution < -0.4 is 0 Å². The van der Waals surface area contributed by atoms with Gasteiger partial charge in [0.1, 0.15) is 6.34 Å². The third-order valence-electron chi connectivity index (χ3n) is 0.949. The molecule has 10 heavy (non-hydrogen) atoms. The zero-order valence-corrected chi connectivity index (χ0v) is 6.76. The van der Waals surface area contributed by atoms with E-state index >= 15 is 0 Å². The number of hydrogen-bond donors (Lipinski definition) is 1. The standard InChI is InChI=1S/C8H14N2/c1-7(2)4-8(3)5-10-6-9/h4-7,9H,1-3H3/b8-4-,9-6?,10-5-. The Balaban J connectivity index is 3.93. The van der Waals surface area contributed by atoms with Gasteiger partial charge in [-0.3, -0.25) is 5.41 Å². The summed E-state index contributed by atoms with van der Waals surface area (Å²) in [4.78, 5) is 3.67. The van der Waals surface area contributed by atoms with Crippen LogP contribution in [0.5, 0.6) is 0 Å². The van der Waals surface area contributed by atoms with E-state index in [0.29, 0.717) is 5.92 Å². The van der Waals surface area contributed by atoms with Crippen LogP contribution in [0.15, 0.2) is 16.6 Å². The van der Waals surface area contributed by atoms with Crippen LogP contribution in [0.3, 0.4) is 0 Å². The van der Waals surface area contributed by atoms with Gasteiger partial charge in [0.15, 0.2) is 0 Å². The van der Waals surface area contributed by atoms with E-state index in [2.05, 4.69) is 24.9 Å². The maximum absolute atomic E-state index is 6.63. The number of nitrogens with one attached hydrogen (secondary N) is 1. The molecule has 2 nitrogen and oxygen atoms in total. The highest BCUT2D eigenvalue weighted by molar-refractivity contribution is 5.83. The van der Waals surface area contributed by atoms with Crippen molar-refractivity contribution in [2.24, 2.45) is 10.9 Å². The van der Waals surface area contributed by atoms with Crippen molar-refractivity contribution in [1.82, 2.24) is 0 Å². The quantitative estimate of drug-likeness (QED) is 0.459. The summed E-state index contributed by atoms with van der Waals surface area (Å²) in [6.45, 7) is 6.20. The fourth-order valence-corrected chi connectivity index (χ4v) is 0.724. The van der Waals surface area contributed by atoms with Crippen LogP contribution in [0, 0.1) is 11.3 Å². The van der Waals surface area contributed by atoms with E-state index in [1.807, 2.05) is 6.92 Å². The number of rotatable bonds is 3. The number of hydrogen-bond acceptors (Lipinski definition) is 1. The van der Waals surface area contributed by atoms with E-state index in [0.717, 1.165) is 11.9 Å². The topological polar surface area (TPSA) is 36.2 Å². The predicted molar refractivity (Wildman–Crippen MR) is 45.9 cm³/mol. The van der Waals surface area contributed by atoms with Crippen LogP contribution in [-0.4, -0.2) is 12.6 Å². The lowest BCUT2D eigenvalue weighted by Gasteiger charge is -1.94. The highest BCUT2D eigenvalue weighted by Gasteiger charge is 1.86. The number of aliphatic imine (C=N–C) groups is 1. The van der Waals surface area contributed by atoms with Crippen LogP contribution in [0.25, 0.3) is 0 Å². The number of nitrogens with zero attached hydrogens (tertiary/aromatic N) is 1. The molecule has 0 aromatic rings. The molecule has 0 heterocycles. The highest BCUT2D eigenvalue weighted by atomic mass is 14.7. The van der Waals surface area contributed by atoms with Gasteiger partial charge in [0.05, 0.1) is 0 Å². The molecule has 0 atom stereocenters. The van der Waals surface area contributed by atoms with Crippen molar-refractivity contribution in [1.29, 1.82) is 5.41 Å². The fourth-order valence-electron chi connectivity index (χ4n) is 0.724. The highest BCUT2D eigenvalue weighted by Crippen LogP contribution is 1.98. The molecule has 0 aliphatic rings. The normalized spacial score (nSPS) is 13.0. The zero-order chi connectivity index (χ0) is 7.98. The Kier molecular flexibility index (Phi) is 4.46. The minimum atomic E-state index is 0.553. The molecule has 0 fully saturated rings. The van der Waals surface area contributed by atoms with Gasteiger partial charge in [-0.25, -0.2) is 4.99 Å². The second-order valence-corrected chi connectivity index (χ2v) is 2.56. The molecule has 0 saturated carbocycles. The fraction of sp³-hybridized carbons (Fsp3) is 0.500. The molecule has 1 N–H and O–H groups in total. The van der Waals surface area contributed by atoms with E-state index in [9.17, 15) is 0 Å². The van der Waals surface area contributed by atoms with Gasteiger partial charge in [-0.15, -0.1) is 0 Å². The summed E-state index contributed by atoms with van der Waals surface area (Å²) in [5, 5.41) is 6.63. The molecule has 56 valence electrons. The van der Waals surface area contributed by atoms with Gasteiger partial charge >= 0.3 is 0 Å². The van der Waals surface area contributed by atoms with Crippen LogP contribution in [-0.2, 0) is 0 Å². The van der Waals surface area contributed by atoms with E-state index in [1.54, 1.807) is 6.21 Å². The lowest BCUT2D eigenvalue weighted by molar-refractivity contribution is 0.827. The average molecular weight is 138 g/mol. The molecule has 2 heteroatoms. The third-order valence-corrected chi connectivity index (χ3v) is 0.949. The first kappa shape index (κ1) is 9.08. The summed E-state index contributed by atoms with van der Waals surface area (Å²) in [5.41, 5.74) is 1.11. The molecule has 0 rings (SSSR count). The van der Waals surface area contributed by atoms with Gasteiger partial charge in [0.25, 0.3) is 0 Å². The lowest BCUT2D eigenvalue weighted by Crippen LogP contribution is -1.84. The van der Waals surface area contributed by atoms with Crippen molar-refractivity contribution in [2.75, 3.05) is 0 Å². The Labute approximate surface area is 62.2 Å². The minimum Gasteiger partial charge on any atom is -0.290 e. The third kappa shape index (κ3) is 5.22. The molecule has 0 aromatic carbocycles.